The predicted molar refractivity (Wildman–Crippen MR) is 69.9 cm³/mol. The second kappa shape index (κ2) is 4.46. The highest BCUT2D eigenvalue weighted by Gasteiger charge is 2.32. The average molecular weight is 218 g/mol. The van der Waals surface area contributed by atoms with Crippen LogP contribution in [0.3, 0.4) is 0 Å². The highest BCUT2D eigenvalue weighted by Crippen LogP contribution is 2.24. The fraction of sp³-hybridized carbons (Fsp3) is 0.571. The summed E-state index contributed by atoms with van der Waals surface area (Å²) in [5.41, 5.74) is 1.60. The molecule has 16 heavy (non-hydrogen) atoms. The third-order valence-corrected chi connectivity index (χ3v) is 3.74. The number of para-hydroxylation sites is 1. The second-order valence-corrected chi connectivity index (χ2v) is 5.11. The Labute approximate surface area is 98.7 Å². The molecule has 2 atom stereocenters. The lowest BCUT2D eigenvalue weighted by molar-refractivity contribution is 0.285. The van der Waals surface area contributed by atoms with Crippen LogP contribution in [-0.4, -0.2) is 24.7 Å². The highest BCUT2D eigenvalue weighted by atomic mass is 15.2. The zero-order chi connectivity index (χ0) is 11.6. The number of rotatable bonds is 2. The van der Waals surface area contributed by atoms with Crippen molar-refractivity contribution in [1.29, 1.82) is 0 Å². The number of hydrogen-bond acceptors (Lipinski definition) is 2. The van der Waals surface area contributed by atoms with Crippen molar-refractivity contribution < 1.29 is 0 Å². The summed E-state index contributed by atoms with van der Waals surface area (Å²) in [7, 11) is 0. The number of benzene rings is 1. The van der Waals surface area contributed by atoms with E-state index in [1.54, 1.807) is 0 Å². The number of piperazine rings is 1. The fourth-order valence-corrected chi connectivity index (χ4v) is 2.29. The molecule has 88 valence electrons. The Morgan fingerprint density at radius 2 is 2.06 bits per heavy atom. The smallest absolute Gasteiger partial charge is 0.0387 e. The maximum absolute atomic E-state index is 3.65. The number of anilines is 1. The molecule has 1 saturated heterocycles. The summed E-state index contributed by atoms with van der Waals surface area (Å²) in [5, 5.41) is 3.65. The second-order valence-electron chi connectivity index (χ2n) is 5.11. The first-order chi connectivity index (χ1) is 7.64. The van der Waals surface area contributed by atoms with E-state index >= 15 is 0 Å². The van der Waals surface area contributed by atoms with Crippen LogP contribution in [0.25, 0.3) is 0 Å². The van der Waals surface area contributed by atoms with Crippen LogP contribution in [0.4, 0.5) is 5.69 Å². The molecule has 2 heteroatoms. The topological polar surface area (TPSA) is 15.3 Å². The maximum Gasteiger partial charge on any atom is 0.0387 e. The summed E-state index contributed by atoms with van der Waals surface area (Å²) in [6, 6.07) is 11.3. The van der Waals surface area contributed by atoms with Gasteiger partial charge in [-0.1, -0.05) is 25.1 Å². The van der Waals surface area contributed by atoms with E-state index < -0.39 is 0 Å². The summed E-state index contributed by atoms with van der Waals surface area (Å²) in [6.07, 6.45) is 1.17. The minimum Gasteiger partial charge on any atom is -0.366 e. The highest BCUT2D eigenvalue weighted by molar-refractivity contribution is 5.48. The Morgan fingerprint density at radius 1 is 1.38 bits per heavy atom. The Balaban J connectivity index is 2.19. The van der Waals surface area contributed by atoms with Gasteiger partial charge in [-0.25, -0.2) is 0 Å². The lowest BCUT2D eigenvalue weighted by Crippen LogP contribution is -2.62. The quantitative estimate of drug-likeness (QED) is 0.821. The number of hydrogen-bond donors (Lipinski definition) is 1. The summed E-state index contributed by atoms with van der Waals surface area (Å²) >= 11 is 0. The standard InChI is InChI=1S/C14H22N2/c1-4-14(3)11-16(12(2)10-15-14)13-8-6-5-7-9-13/h5-9,12,15H,4,10-11H2,1-3H3. The molecule has 0 radical (unpaired) electrons. The normalized spacial score (nSPS) is 30.4. The molecular formula is C14H22N2. The molecule has 1 aliphatic rings. The van der Waals surface area contributed by atoms with Gasteiger partial charge < -0.3 is 10.2 Å². The van der Waals surface area contributed by atoms with Gasteiger partial charge in [0, 0.05) is 30.4 Å². The summed E-state index contributed by atoms with van der Waals surface area (Å²) in [5.74, 6) is 0. The van der Waals surface area contributed by atoms with Gasteiger partial charge >= 0.3 is 0 Å². The summed E-state index contributed by atoms with van der Waals surface area (Å²) in [6.45, 7) is 9.02. The van der Waals surface area contributed by atoms with Crippen LogP contribution >= 0.6 is 0 Å². The van der Waals surface area contributed by atoms with Crippen LogP contribution in [0.2, 0.25) is 0 Å². The van der Waals surface area contributed by atoms with Gasteiger partial charge in [-0.2, -0.15) is 0 Å². The van der Waals surface area contributed by atoms with Crippen molar-refractivity contribution in [2.24, 2.45) is 0 Å². The predicted octanol–water partition coefficient (Wildman–Crippen LogP) is 2.65. The molecule has 0 saturated carbocycles. The van der Waals surface area contributed by atoms with Gasteiger partial charge in [0.05, 0.1) is 0 Å². The van der Waals surface area contributed by atoms with Crippen molar-refractivity contribution in [3.8, 4) is 0 Å². The molecule has 0 aliphatic carbocycles. The Morgan fingerprint density at radius 3 is 2.69 bits per heavy atom. The maximum atomic E-state index is 3.65. The first-order valence-electron chi connectivity index (χ1n) is 6.21. The van der Waals surface area contributed by atoms with E-state index in [1.807, 2.05) is 0 Å². The monoisotopic (exact) mass is 218 g/mol. The van der Waals surface area contributed by atoms with E-state index in [-0.39, 0.29) is 5.54 Å². The molecule has 1 fully saturated rings. The van der Waals surface area contributed by atoms with E-state index in [0.29, 0.717) is 6.04 Å². The summed E-state index contributed by atoms with van der Waals surface area (Å²) in [4.78, 5) is 2.51. The van der Waals surface area contributed by atoms with E-state index in [9.17, 15) is 0 Å². The van der Waals surface area contributed by atoms with Gasteiger partial charge in [0.25, 0.3) is 0 Å². The zero-order valence-corrected chi connectivity index (χ0v) is 10.5. The minimum atomic E-state index is 0.252. The SMILES string of the molecule is CCC1(C)CN(c2ccccc2)C(C)CN1. The van der Waals surface area contributed by atoms with E-state index in [4.69, 9.17) is 0 Å². The van der Waals surface area contributed by atoms with E-state index in [1.165, 1.54) is 12.1 Å². The molecule has 1 aromatic carbocycles. The zero-order valence-electron chi connectivity index (χ0n) is 10.5. The van der Waals surface area contributed by atoms with E-state index in [2.05, 4.69) is 61.3 Å². The van der Waals surface area contributed by atoms with Crippen LogP contribution in [0, 0.1) is 0 Å². The van der Waals surface area contributed by atoms with Gasteiger partial charge in [0.15, 0.2) is 0 Å². The third kappa shape index (κ3) is 2.22. The molecule has 2 unspecified atom stereocenters. The van der Waals surface area contributed by atoms with Crippen molar-refractivity contribution in [3.05, 3.63) is 30.3 Å². The first-order valence-corrected chi connectivity index (χ1v) is 6.21. The number of nitrogens with zero attached hydrogens (tertiary/aromatic N) is 1. The van der Waals surface area contributed by atoms with Crippen molar-refractivity contribution >= 4 is 5.69 Å². The average Bonchev–Trinajstić information content (AvgIpc) is 2.34. The lowest BCUT2D eigenvalue weighted by atomic mass is 9.93. The largest absolute Gasteiger partial charge is 0.366 e. The van der Waals surface area contributed by atoms with Crippen LogP contribution in [0.1, 0.15) is 27.2 Å². The summed E-state index contributed by atoms with van der Waals surface area (Å²) < 4.78 is 0. The molecular weight excluding hydrogens is 196 g/mol. The molecule has 2 rings (SSSR count). The van der Waals surface area contributed by atoms with Gasteiger partial charge in [0.2, 0.25) is 0 Å². The molecule has 0 bridgehead atoms. The minimum absolute atomic E-state index is 0.252. The van der Waals surface area contributed by atoms with Gasteiger partial charge in [-0.15, -0.1) is 0 Å². The molecule has 0 spiro atoms. The Bertz CT molecular complexity index is 336. The Hall–Kier alpha value is -1.02. The van der Waals surface area contributed by atoms with Crippen LogP contribution < -0.4 is 10.2 Å². The Kier molecular flexibility index (Phi) is 3.20. The van der Waals surface area contributed by atoms with Crippen molar-refractivity contribution in [3.63, 3.8) is 0 Å². The third-order valence-electron chi connectivity index (χ3n) is 3.74. The van der Waals surface area contributed by atoms with Gasteiger partial charge in [-0.3, -0.25) is 0 Å². The molecule has 1 aromatic rings. The van der Waals surface area contributed by atoms with Gasteiger partial charge in [0.1, 0.15) is 0 Å². The lowest BCUT2D eigenvalue weighted by Gasteiger charge is -2.46. The van der Waals surface area contributed by atoms with Crippen LogP contribution in [0.15, 0.2) is 30.3 Å². The molecule has 0 amide bonds. The molecule has 0 aromatic heterocycles. The van der Waals surface area contributed by atoms with Crippen LogP contribution in [0.5, 0.6) is 0 Å². The van der Waals surface area contributed by atoms with Gasteiger partial charge in [-0.05, 0) is 32.4 Å². The van der Waals surface area contributed by atoms with Crippen molar-refractivity contribution in [2.45, 2.75) is 38.8 Å². The molecule has 1 heterocycles. The number of nitrogens with one attached hydrogen (secondary N) is 1. The molecule has 2 nitrogen and oxygen atoms in total. The van der Waals surface area contributed by atoms with Crippen molar-refractivity contribution in [1.82, 2.24) is 5.32 Å². The van der Waals surface area contributed by atoms with Crippen molar-refractivity contribution in [2.75, 3.05) is 18.0 Å². The van der Waals surface area contributed by atoms with Crippen LogP contribution in [-0.2, 0) is 0 Å². The molecule has 1 aliphatic heterocycles. The fourth-order valence-electron chi connectivity index (χ4n) is 2.29. The first kappa shape index (κ1) is 11.5. The molecule has 1 N–H and O–H groups in total. The van der Waals surface area contributed by atoms with E-state index in [0.717, 1.165) is 13.1 Å².